The van der Waals surface area contributed by atoms with Gasteiger partial charge in [0, 0.05) is 12.0 Å². The predicted molar refractivity (Wildman–Crippen MR) is 112 cm³/mol. The van der Waals surface area contributed by atoms with Crippen LogP contribution in [0.5, 0.6) is 0 Å². The number of carbonyl (C=O) groups is 3. The predicted octanol–water partition coefficient (Wildman–Crippen LogP) is 3.14. The molecule has 2 aromatic rings. The summed E-state index contributed by atoms with van der Waals surface area (Å²) < 4.78 is 5.43. The number of ether oxygens (including phenoxy) is 1. The highest BCUT2D eigenvalue weighted by Gasteiger charge is 2.29. The fourth-order valence-electron chi connectivity index (χ4n) is 3.57. The number of carboxylic acids is 1. The molecule has 7 nitrogen and oxygen atoms in total. The lowest BCUT2D eigenvalue weighted by Gasteiger charge is -2.21. The van der Waals surface area contributed by atoms with E-state index in [1.54, 1.807) is 6.92 Å². The maximum absolute atomic E-state index is 12.3. The Labute approximate surface area is 175 Å². The third-order valence-electron chi connectivity index (χ3n) is 5.58. The van der Waals surface area contributed by atoms with Crippen LogP contribution in [0.2, 0.25) is 0 Å². The number of alkyl carbamates (subject to hydrolysis) is 1. The molecule has 0 aliphatic heterocycles. The van der Waals surface area contributed by atoms with Crippen molar-refractivity contribution in [2.45, 2.75) is 38.8 Å². The SMILES string of the molecule is CC(NC(=O)[C@@H](C)NC(=O)OCC1c2ccccc2-c2ccccc21)C(C)C(=O)O. The van der Waals surface area contributed by atoms with E-state index in [2.05, 4.69) is 22.8 Å². The highest BCUT2D eigenvalue weighted by Crippen LogP contribution is 2.44. The third kappa shape index (κ3) is 4.45. The number of hydrogen-bond donors (Lipinski definition) is 3. The highest BCUT2D eigenvalue weighted by molar-refractivity contribution is 5.86. The standard InChI is InChI=1S/C23H26N2O5/c1-13(22(27)28)14(2)24-21(26)15(3)25-23(29)30-12-20-18-10-6-4-8-16(18)17-9-5-7-11-19(17)20/h4-11,13-15,20H,12H2,1-3H3,(H,24,26)(H,25,29)(H,27,28)/t13?,14?,15-/m1/s1. The molecule has 3 rings (SSSR count). The molecule has 0 saturated carbocycles. The van der Waals surface area contributed by atoms with Gasteiger partial charge < -0.3 is 20.5 Å². The smallest absolute Gasteiger partial charge is 0.407 e. The molecule has 2 amide bonds. The maximum atomic E-state index is 12.3. The zero-order valence-corrected chi connectivity index (χ0v) is 17.2. The van der Waals surface area contributed by atoms with E-state index in [1.807, 2.05) is 36.4 Å². The van der Waals surface area contributed by atoms with Gasteiger partial charge in [-0.15, -0.1) is 0 Å². The number of rotatable bonds is 7. The monoisotopic (exact) mass is 410 g/mol. The summed E-state index contributed by atoms with van der Waals surface area (Å²) in [6.07, 6.45) is -0.696. The summed E-state index contributed by atoms with van der Waals surface area (Å²) in [7, 11) is 0. The molecule has 0 saturated heterocycles. The summed E-state index contributed by atoms with van der Waals surface area (Å²) in [5.41, 5.74) is 4.48. The minimum atomic E-state index is -1.00. The normalized spacial score (nSPS) is 15.3. The zero-order chi connectivity index (χ0) is 21.8. The molecule has 7 heteroatoms. The van der Waals surface area contributed by atoms with Crippen LogP contribution in [0.25, 0.3) is 11.1 Å². The lowest BCUT2D eigenvalue weighted by Crippen LogP contribution is -2.49. The third-order valence-corrected chi connectivity index (χ3v) is 5.58. The minimum absolute atomic E-state index is 0.0660. The number of carbonyl (C=O) groups excluding carboxylic acids is 2. The van der Waals surface area contributed by atoms with Gasteiger partial charge >= 0.3 is 12.1 Å². The first-order valence-corrected chi connectivity index (χ1v) is 9.94. The first-order valence-electron chi connectivity index (χ1n) is 9.94. The first-order chi connectivity index (χ1) is 14.3. The topological polar surface area (TPSA) is 105 Å². The molecule has 0 aromatic heterocycles. The molecular weight excluding hydrogens is 384 g/mol. The molecule has 158 valence electrons. The number of amides is 2. The van der Waals surface area contributed by atoms with Gasteiger partial charge in [-0.1, -0.05) is 48.5 Å². The fraction of sp³-hybridized carbons (Fsp3) is 0.348. The van der Waals surface area contributed by atoms with Crippen LogP contribution >= 0.6 is 0 Å². The molecule has 3 atom stereocenters. The molecule has 3 N–H and O–H groups in total. The van der Waals surface area contributed by atoms with Crippen molar-refractivity contribution in [1.82, 2.24) is 10.6 Å². The van der Waals surface area contributed by atoms with Gasteiger partial charge in [-0.05, 0) is 43.0 Å². The van der Waals surface area contributed by atoms with Crippen molar-refractivity contribution in [3.63, 3.8) is 0 Å². The summed E-state index contributed by atoms with van der Waals surface area (Å²) in [5.74, 6) is -2.27. The van der Waals surface area contributed by atoms with Crippen LogP contribution in [-0.4, -0.2) is 41.8 Å². The van der Waals surface area contributed by atoms with Crippen molar-refractivity contribution in [3.8, 4) is 11.1 Å². The van der Waals surface area contributed by atoms with E-state index in [1.165, 1.54) is 13.8 Å². The number of nitrogens with one attached hydrogen (secondary N) is 2. The molecular formula is C23H26N2O5. The van der Waals surface area contributed by atoms with Crippen LogP contribution in [0.1, 0.15) is 37.8 Å². The van der Waals surface area contributed by atoms with Crippen LogP contribution in [0.3, 0.4) is 0 Å². The Bertz CT molecular complexity index is 913. The van der Waals surface area contributed by atoms with Crippen molar-refractivity contribution in [3.05, 3.63) is 59.7 Å². The number of fused-ring (bicyclic) bond motifs is 3. The van der Waals surface area contributed by atoms with Crippen molar-refractivity contribution in [2.75, 3.05) is 6.61 Å². The van der Waals surface area contributed by atoms with Crippen molar-refractivity contribution >= 4 is 18.0 Å². The summed E-state index contributed by atoms with van der Waals surface area (Å²) in [5, 5.41) is 14.1. The zero-order valence-electron chi connectivity index (χ0n) is 17.2. The molecule has 0 heterocycles. The van der Waals surface area contributed by atoms with Crippen molar-refractivity contribution in [1.29, 1.82) is 0 Å². The second-order valence-electron chi connectivity index (χ2n) is 7.62. The Balaban J connectivity index is 1.57. The average molecular weight is 410 g/mol. The molecule has 1 aliphatic rings. The van der Waals surface area contributed by atoms with E-state index in [9.17, 15) is 14.4 Å². The Morgan fingerprint density at radius 2 is 1.47 bits per heavy atom. The number of aliphatic carboxylic acids is 1. The van der Waals surface area contributed by atoms with Gasteiger partial charge in [0.1, 0.15) is 12.6 Å². The Morgan fingerprint density at radius 1 is 0.933 bits per heavy atom. The second kappa shape index (κ2) is 8.98. The summed E-state index contributed by atoms with van der Waals surface area (Å²) in [4.78, 5) is 35.5. The molecule has 1 aliphatic carbocycles. The maximum Gasteiger partial charge on any atom is 0.407 e. The molecule has 0 bridgehead atoms. The van der Waals surface area contributed by atoms with Gasteiger partial charge in [0.05, 0.1) is 5.92 Å². The first kappa shape index (κ1) is 21.4. The van der Waals surface area contributed by atoms with Crippen LogP contribution in [0.15, 0.2) is 48.5 Å². The second-order valence-corrected chi connectivity index (χ2v) is 7.62. The molecule has 2 unspecified atom stereocenters. The average Bonchev–Trinajstić information content (AvgIpc) is 3.05. The van der Waals surface area contributed by atoms with Crippen LogP contribution < -0.4 is 10.6 Å². The Kier molecular flexibility index (Phi) is 6.40. The molecule has 0 fully saturated rings. The van der Waals surface area contributed by atoms with E-state index < -0.39 is 36.0 Å². The molecule has 0 spiro atoms. The summed E-state index contributed by atoms with van der Waals surface area (Å²) in [6.45, 7) is 4.79. The van der Waals surface area contributed by atoms with E-state index in [0.717, 1.165) is 22.3 Å². The van der Waals surface area contributed by atoms with Crippen molar-refractivity contribution in [2.24, 2.45) is 5.92 Å². The summed E-state index contributed by atoms with van der Waals surface area (Å²) in [6, 6.07) is 14.6. The van der Waals surface area contributed by atoms with E-state index in [0.29, 0.717) is 0 Å². The van der Waals surface area contributed by atoms with Gasteiger partial charge in [0.2, 0.25) is 5.91 Å². The lowest BCUT2D eigenvalue weighted by atomic mass is 9.98. The summed E-state index contributed by atoms with van der Waals surface area (Å²) >= 11 is 0. The Morgan fingerprint density at radius 3 is 2.00 bits per heavy atom. The van der Waals surface area contributed by atoms with Gasteiger partial charge in [0.15, 0.2) is 0 Å². The van der Waals surface area contributed by atoms with Gasteiger partial charge in [-0.2, -0.15) is 0 Å². The molecule has 2 aromatic carbocycles. The molecule has 30 heavy (non-hydrogen) atoms. The lowest BCUT2D eigenvalue weighted by molar-refractivity contribution is -0.142. The van der Waals surface area contributed by atoms with Gasteiger partial charge in [-0.25, -0.2) is 4.79 Å². The highest BCUT2D eigenvalue weighted by atomic mass is 16.5. The van der Waals surface area contributed by atoms with Crippen molar-refractivity contribution < 1.29 is 24.2 Å². The largest absolute Gasteiger partial charge is 0.481 e. The fourth-order valence-corrected chi connectivity index (χ4v) is 3.57. The number of carboxylic acid groups (broad SMARTS) is 1. The van der Waals surface area contributed by atoms with Gasteiger partial charge in [-0.3, -0.25) is 9.59 Å². The number of hydrogen-bond acceptors (Lipinski definition) is 4. The quantitative estimate of drug-likeness (QED) is 0.650. The molecule has 0 radical (unpaired) electrons. The van der Waals surface area contributed by atoms with E-state index in [4.69, 9.17) is 9.84 Å². The minimum Gasteiger partial charge on any atom is -0.481 e. The van der Waals surface area contributed by atoms with E-state index >= 15 is 0 Å². The van der Waals surface area contributed by atoms with Gasteiger partial charge in [0.25, 0.3) is 0 Å². The Hall–Kier alpha value is -3.35. The van der Waals surface area contributed by atoms with Crippen LogP contribution in [0, 0.1) is 5.92 Å². The van der Waals surface area contributed by atoms with E-state index in [-0.39, 0.29) is 12.5 Å². The van der Waals surface area contributed by atoms with Crippen LogP contribution in [-0.2, 0) is 14.3 Å². The number of benzene rings is 2. The van der Waals surface area contributed by atoms with Crippen LogP contribution in [0.4, 0.5) is 4.79 Å².